The fourth-order valence-corrected chi connectivity index (χ4v) is 7.16. The highest BCUT2D eigenvalue weighted by molar-refractivity contribution is 7.28. The van der Waals surface area contributed by atoms with Crippen LogP contribution in [0.3, 0.4) is 0 Å². The molecule has 0 amide bonds. The zero-order valence-corrected chi connectivity index (χ0v) is 16.9. The lowest BCUT2D eigenvalue weighted by atomic mass is 10.1. The number of rotatable bonds is 4. The van der Waals surface area contributed by atoms with E-state index in [4.69, 9.17) is 17.3 Å². The molecule has 2 fully saturated rings. The van der Waals surface area contributed by atoms with Crippen LogP contribution in [0.25, 0.3) is 19.5 Å². The lowest BCUT2D eigenvalue weighted by Gasteiger charge is -2.09. The zero-order chi connectivity index (χ0) is 17.5. The quantitative estimate of drug-likeness (QED) is 0.525. The average Bonchev–Trinajstić information content (AvgIpc) is 3.44. The molecular weight excluding hydrogens is 379 g/mol. The molecule has 0 spiro atoms. The van der Waals surface area contributed by atoms with Crippen molar-refractivity contribution >= 4 is 46.6 Å². The maximum Gasteiger partial charge on any atom is 0.185 e. The normalized spacial score (nSPS) is 18.9. The smallest absolute Gasteiger partial charge is 0.185 e. The minimum atomic E-state index is -0.246. The van der Waals surface area contributed by atoms with E-state index in [1.165, 1.54) is 50.1 Å². The van der Waals surface area contributed by atoms with Crippen molar-refractivity contribution in [2.24, 2.45) is 0 Å². The van der Waals surface area contributed by atoms with Crippen LogP contribution in [0.5, 0.6) is 0 Å². The minimum Gasteiger partial charge on any atom is -0.346 e. The van der Waals surface area contributed by atoms with Crippen LogP contribution in [0.1, 0.15) is 48.3 Å². The third-order valence-electron chi connectivity index (χ3n) is 5.11. The topological polar surface area (TPSA) is 18.5 Å². The second kappa shape index (κ2) is 7.25. The Morgan fingerprint density at radius 2 is 1.62 bits per heavy atom. The van der Waals surface area contributed by atoms with Gasteiger partial charge in [0.25, 0.3) is 0 Å². The van der Waals surface area contributed by atoms with E-state index in [1.54, 1.807) is 11.3 Å². The molecule has 26 heavy (non-hydrogen) atoms. The first kappa shape index (κ1) is 17.2. The highest BCUT2D eigenvalue weighted by atomic mass is 32.1. The zero-order valence-electron chi connectivity index (χ0n) is 14.4. The van der Waals surface area contributed by atoms with Gasteiger partial charge in [0.1, 0.15) is 7.85 Å². The molecule has 0 N–H and O–H groups in total. The summed E-state index contributed by atoms with van der Waals surface area (Å²) in [7, 11) is 5.94. The molecule has 6 heteroatoms. The lowest BCUT2D eigenvalue weighted by Crippen LogP contribution is -1.97. The van der Waals surface area contributed by atoms with Crippen LogP contribution in [0, 0.1) is 0 Å². The first-order valence-corrected chi connectivity index (χ1v) is 11.6. The fourth-order valence-electron chi connectivity index (χ4n) is 3.82. The molecule has 4 heterocycles. The van der Waals surface area contributed by atoms with Gasteiger partial charge in [-0.05, 0) is 47.8 Å². The molecule has 1 aliphatic heterocycles. The van der Waals surface area contributed by atoms with E-state index < -0.39 is 0 Å². The van der Waals surface area contributed by atoms with Gasteiger partial charge in [0.15, 0.2) is 6.29 Å². The summed E-state index contributed by atoms with van der Waals surface area (Å²) < 4.78 is 12.5. The van der Waals surface area contributed by atoms with Crippen molar-refractivity contribution in [3.8, 4) is 19.5 Å². The molecular formula is C20H19BO2S3. The number of hydrogen-bond donors (Lipinski definition) is 0. The number of thiophene rings is 3. The lowest BCUT2D eigenvalue weighted by molar-refractivity contribution is -0.0433. The Balaban J connectivity index is 1.54. The summed E-state index contributed by atoms with van der Waals surface area (Å²) in [4.78, 5) is 6.61. The van der Waals surface area contributed by atoms with Gasteiger partial charge in [0.05, 0.1) is 18.1 Å². The van der Waals surface area contributed by atoms with Crippen LogP contribution in [0.2, 0.25) is 0 Å². The highest BCUT2D eigenvalue weighted by Crippen LogP contribution is 2.47. The van der Waals surface area contributed by atoms with Crippen LogP contribution >= 0.6 is 34.0 Å². The summed E-state index contributed by atoms with van der Waals surface area (Å²) in [5.74, 6) is 0.757. The molecule has 0 bridgehead atoms. The Kier molecular flexibility index (Phi) is 4.79. The fraction of sp³-hybridized carbons (Fsp3) is 0.400. The number of ether oxygens (including phenoxy) is 2. The first-order valence-electron chi connectivity index (χ1n) is 9.10. The van der Waals surface area contributed by atoms with Crippen molar-refractivity contribution < 1.29 is 9.47 Å². The summed E-state index contributed by atoms with van der Waals surface area (Å²) in [6, 6.07) is 10.9. The van der Waals surface area contributed by atoms with E-state index in [0.29, 0.717) is 13.2 Å². The second-order valence-electron chi connectivity index (χ2n) is 6.85. The van der Waals surface area contributed by atoms with Gasteiger partial charge in [-0.15, -0.1) is 22.7 Å². The molecule has 0 aromatic carbocycles. The molecule has 2 nitrogen and oxygen atoms in total. The minimum absolute atomic E-state index is 0.246. The van der Waals surface area contributed by atoms with Crippen LogP contribution < -0.4 is 4.78 Å². The van der Waals surface area contributed by atoms with Gasteiger partial charge in [0.2, 0.25) is 0 Å². The summed E-state index contributed by atoms with van der Waals surface area (Å²) >= 11 is 5.41. The van der Waals surface area contributed by atoms with Gasteiger partial charge in [-0.2, -0.15) is 11.3 Å². The van der Waals surface area contributed by atoms with Crippen LogP contribution in [-0.4, -0.2) is 21.1 Å². The number of hydrogen-bond acceptors (Lipinski definition) is 5. The molecule has 1 saturated carbocycles. The maximum atomic E-state index is 5.94. The Labute approximate surface area is 167 Å². The van der Waals surface area contributed by atoms with Crippen molar-refractivity contribution in [1.29, 1.82) is 0 Å². The van der Waals surface area contributed by atoms with E-state index >= 15 is 0 Å². The van der Waals surface area contributed by atoms with Crippen molar-refractivity contribution in [2.75, 3.05) is 13.2 Å². The van der Waals surface area contributed by atoms with Gasteiger partial charge in [-0.25, -0.2) is 0 Å². The predicted molar refractivity (Wildman–Crippen MR) is 112 cm³/mol. The molecule has 5 rings (SSSR count). The third-order valence-corrected chi connectivity index (χ3v) is 8.80. The molecule has 3 aromatic rings. The molecule has 0 atom stereocenters. The van der Waals surface area contributed by atoms with Crippen molar-refractivity contribution in [1.82, 2.24) is 0 Å². The summed E-state index contributed by atoms with van der Waals surface area (Å²) in [5.41, 5.74) is 1.16. The van der Waals surface area contributed by atoms with E-state index in [0.717, 1.165) is 16.3 Å². The van der Waals surface area contributed by atoms with Crippen LogP contribution in [-0.2, 0) is 9.47 Å². The van der Waals surface area contributed by atoms with Gasteiger partial charge < -0.3 is 9.47 Å². The van der Waals surface area contributed by atoms with Gasteiger partial charge in [-0.3, -0.25) is 0 Å². The standard InChI is InChI=1S/C20H19BO2S3/c21-18-8-7-15(25-18)17-11-13(20-22-9-10-23-20)19(26-17)16-6-5-14(24-16)12-3-1-2-4-12/h5-8,11-12,20H,1-4,9-10H2. The molecule has 2 aliphatic rings. The van der Waals surface area contributed by atoms with E-state index in [9.17, 15) is 0 Å². The van der Waals surface area contributed by atoms with E-state index in [2.05, 4.69) is 24.3 Å². The van der Waals surface area contributed by atoms with Crippen molar-refractivity contribution in [3.63, 3.8) is 0 Å². The monoisotopic (exact) mass is 398 g/mol. The average molecular weight is 398 g/mol. The molecule has 1 aliphatic carbocycles. The Morgan fingerprint density at radius 1 is 0.846 bits per heavy atom. The Hall–Kier alpha value is -0.915. The second-order valence-corrected chi connectivity index (χ2v) is 10.1. The highest BCUT2D eigenvalue weighted by Gasteiger charge is 2.27. The molecule has 2 radical (unpaired) electrons. The summed E-state index contributed by atoms with van der Waals surface area (Å²) in [6.07, 6.45) is 5.17. The van der Waals surface area contributed by atoms with Crippen LogP contribution in [0.15, 0.2) is 30.3 Å². The van der Waals surface area contributed by atoms with Gasteiger partial charge in [0, 0.05) is 25.1 Å². The van der Waals surface area contributed by atoms with E-state index in [1.807, 2.05) is 28.7 Å². The largest absolute Gasteiger partial charge is 0.346 e. The van der Waals surface area contributed by atoms with Crippen molar-refractivity contribution in [2.45, 2.75) is 37.9 Å². The first-order chi connectivity index (χ1) is 12.8. The summed E-state index contributed by atoms with van der Waals surface area (Å²) in [6.45, 7) is 1.33. The molecule has 1 saturated heterocycles. The maximum absolute atomic E-state index is 5.94. The van der Waals surface area contributed by atoms with Gasteiger partial charge in [-0.1, -0.05) is 18.9 Å². The predicted octanol–water partition coefficient (Wildman–Crippen LogP) is 5.70. The SMILES string of the molecule is [B]c1ccc(-c2cc(C3OCCO3)c(-c3ccc(C4CCCC4)s3)s2)s1. The molecule has 0 unspecified atom stereocenters. The summed E-state index contributed by atoms with van der Waals surface area (Å²) in [5, 5.41) is 0. The van der Waals surface area contributed by atoms with Crippen molar-refractivity contribution in [3.05, 3.63) is 40.8 Å². The van der Waals surface area contributed by atoms with E-state index in [-0.39, 0.29) is 6.29 Å². The van der Waals surface area contributed by atoms with Crippen LogP contribution in [0.4, 0.5) is 0 Å². The Morgan fingerprint density at radius 3 is 2.35 bits per heavy atom. The molecule has 132 valence electrons. The Bertz CT molecular complexity index is 898. The molecule has 3 aromatic heterocycles. The third kappa shape index (κ3) is 3.23. The van der Waals surface area contributed by atoms with Gasteiger partial charge >= 0.3 is 0 Å².